The molecule has 0 aromatic carbocycles. The van der Waals surface area contributed by atoms with Gasteiger partial charge in [0.15, 0.2) is 0 Å². The molecule has 0 amide bonds. The maximum atomic E-state index is 8.88. The van der Waals surface area contributed by atoms with Crippen molar-refractivity contribution in [1.29, 1.82) is 0 Å². The second kappa shape index (κ2) is 5.50. The lowest BCUT2D eigenvalue weighted by molar-refractivity contribution is 0.160. The van der Waals surface area contributed by atoms with Crippen molar-refractivity contribution < 1.29 is 14.6 Å². The fourth-order valence-electron chi connectivity index (χ4n) is 1.21. The van der Waals surface area contributed by atoms with Gasteiger partial charge in [0.05, 0.1) is 36.0 Å². The van der Waals surface area contributed by atoms with Crippen LogP contribution in [0.5, 0.6) is 0 Å². The molecule has 1 atom stereocenters. The number of nitrogens with one attached hydrogen (secondary N) is 1. The largest absolute Gasteiger partial charge is 0.466 e. The Morgan fingerprint density at radius 3 is 2.57 bits per heavy atom. The SMILES string of the molecule is CC(NC(CO)CO)c1occc1Br. The summed E-state index contributed by atoms with van der Waals surface area (Å²) in [5.74, 6) is 0.761. The Kier molecular flexibility index (Phi) is 4.60. The van der Waals surface area contributed by atoms with Crippen LogP contribution in [0.25, 0.3) is 0 Å². The third-order valence-electron chi connectivity index (χ3n) is 1.96. The number of rotatable bonds is 5. The molecule has 3 N–H and O–H groups in total. The molecule has 0 radical (unpaired) electrons. The summed E-state index contributed by atoms with van der Waals surface area (Å²) in [6.45, 7) is 1.71. The molecular formula is C9H14BrNO3. The zero-order chi connectivity index (χ0) is 10.6. The van der Waals surface area contributed by atoms with Gasteiger partial charge in [-0.15, -0.1) is 0 Å². The highest BCUT2D eigenvalue weighted by Gasteiger charge is 2.16. The number of furan rings is 1. The second-order valence-electron chi connectivity index (χ2n) is 3.08. The lowest BCUT2D eigenvalue weighted by Gasteiger charge is -2.18. The maximum absolute atomic E-state index is 8.88. The minimum Gasteiger partial charge on any atom is -0.466 e. The Morgan fingerprint density at radius 1 is 1.50 bits per heavy atom. The highest BCUT2D eigenvalue weighted by atomic mass is 79.9. The van der Waals surface area contributed by atoms with Crippen LogP contribution >= 0.6 is 15.9 Å². The van der Waals surface area contributed by atoms with Crippen molar-refractivity contribution in [2.75, 3.05) is 13.2 Å². The number of halogens is 1. The van der Waals surface area contributed by atoms with E-state index in [9.17, 15) is 0 Å². The topological polar surface area (TPSA) is 65.6 Å². The lowest BCUT2D eigenvalue weighted by Crippen LogP contribution is -2.37. The Balaban J connectivity index is 2.58. The Labute approximate surface area is 91.1 Å². The van der Waals surface area contributed by atoms with Crippen molar-refractivity contribution >= 4 is 15.9 Å². The summed E-state index contributed by atoms with van der Waals surface area (Å²) >= 11 is 3.34. The summed E-state index contributed by atoms with van der Waals surface area (Å²) in [6.07, 6.45) is 1.59. The van der Waals surface area contributed by atoms with Crippen molar-refractivity contribution in [2.45, 2.75) is 19.0 Å². The first-order valence-electron chi connectivity index (χ1n) is 4.39. The first-order valence-corrected chi connectivity index (χ1v) is 5.19. The molecule has 1 aromatic heterocycles. The number of aliphatic hydroxyl groups is 2. The molecular weight excluding hydrogens is 250 g/mol. The zero-order valence-electron chi connectivity index (χ0n) is 7.90. The predicted molar refractivity (Wildman–Crippen MR) is 55.9 cm³/mol. The van der Waals surface area contributed by atoms with Gasteiger partial charge in [0, 0.05) is 0 Å². The number of hydrogen-bond donors (Lipinski definition) is 3. The third kappa shape index (κ3) is 2.81. The normalized spacial score (nSPS) is 13.5. The van der Waals surface area contributed by atoms with Crippen LogP contribution in [0.15, 0.2) is 21.2 Å². The van der Waals surface area contributed by atoms with E-state index in [1.165, 1.54) is 0 Å². The molecule has 0 spiro atoms. The van der Waals surface area contributed by atoms with Crippen LogP contribution in [-0.2, 0) is 0 Å². The fourth-order valence-corrected chi connectivity index (χ4v) is 1.75. The average molecular weight is 264 g/mol. The molecule has 0 aliphatic carbocycles. The van der Waals surface area contributed by atoms with Crippen LogP contribution < -0.4 is 5.32 Å². The third-order valence-corrected chi connectivity index (χ3v) is 2.62. The van der Waals surface area contributed by atoms with Gasteiger partial charge in [0.2, 0.25) is 0 Å². The summed E-state index contributed by atoms with van der Waals surface area (Å²) in [7, 11) is 0. The quantitative estimate of drug-likeness (QED) is 0.743. The molecule has 0 aliphatic heterocycles. The molecule has 0 fully saturated rings. The van der Waals surface area contributed by atoms with E-state index in [1.54, 1.807) is 12.3 Å². The lowest BCUT2D eigenvalue weighted by atomic mass is 10.2. The maximum Gasteiger partial charge on any atom is 0.134 e. The first-order chi connectivity index (χ1) is 6.69. The predicted octanol–water partition coefficient (Wildman–Crippen LogP) is 1.05. The molecule has 1 heterocycles. The van der Waals surface area contributed by atoms with Crippen LogP contribution in [-0.4, -0.2) is 29.5 Å². The Bertz CT molecular complexity index is 273. The van der Waals surface area contributed by atoms with E-state index in [-0.39, 0.29) is 25.3 Å². The highest BCUT2D eigenvalue weighted by molar-refractivity contribution is 9.10. The number of hydrogen-bond acceptors (Lipinski definition) is 4. The van der Waals surface area contributed by atoms with Gasteiger partial charge in [-0.25, -0.2) is 0 Å². The molecule has 0 aliphatic rings. The molecule has 4 nitrogen and oxygen atoms in total. The van der Waals surface area contributed by atoms with E-state index in [0.717, 1.165) is 10.2 Å². The van der Waals surface area contributed by atoms with Crippen molar-refractivity contribution in [3.8, 4) is 0 Å². The molecule has 1 unspecified atom stereocenters. The molecule has 80 valence electrons. The molecule has 0 bridgehead atoms. The summed E-state index contributed by atoms with van der Waals surface area (Å²) in [5.41, 5.74) is 0. The van der Waals surface area contributed by atoms with Crippen LogP contribution in [0.2, 0.25) is 0 Å². The van der Waals surface area contributed by atoms with E-state index >= 15 is 0 Å². The standard InChI is InChI=1S/C9H14BrNO3/c1-6(11-7(4-12)5-13)9-8(10)2-3-14-9/h2-3,6-7,11-13H,4-5H2,1H3. The van der Waals surface area contributed by atoms with Crippen LogP contribution in [0.4, 0.5) is 0 Å². The van der Waals surface area contributed by atoms with E-state index in [1.807, 2.05) is 6.92 Å². The average Bonchev–Trinajstić information content (AvgIpc) is 2.60. The minimum absolute atomic E-state index is 0.0522. The van der Waals surface area contributed by atoms with Gasteiger partial charge in [-0.1, -0.05) is 0 Å². The van der Waals surface area contributed by atoms with Gasteiger partial charge in [-0.3, -0.25) is 0 Å². The van der Waals surface area contributed by atoms with E-state index in [2.05, 4.69) is 21.2 Å². The molecule has 0 saturated carbocycles. The molecule has 5 heteroatoms. The second-order valence-corrected chi connectivity index (χ2v) is 3.94. The highest BCUT2D eigenvalue weighted by Crippen LogP contribution is 2.24. The van der Waals surface area contributed by atoms with Crippen molar-refractivity contribution in [2.24, 2.45) is 0 Å². The first kappa shape index (κ1) is 11.7. The fraction of sp³-hybridized carbons (Fsp3) is 0.556. The summed E-state index contributed by atoms with van der Waals surface area (Å²) in [5, 5.41) is 20.8. The Morgan fingerprint density at radius 2 is 2.14 bits per heavy atom. The summed E-state index contributed by atoms with van der Waals surface area (Å²) < 4.78 is 6.12. The van der Waals surface area contributed by atoms with Gasteiger partial charge < -0.3 is 19.9 Å². The van der Waals surface area contributed by atoms with Crippen molar-refractivity contribution in [3.05, 3.63) is 22.6 Å². The van der Waals surface area contributed by atoms with E-state index < -0.39 is 0 Å². The molecule has 0 saturated heterocycles. The minimum atomic E-state index is -0.318. The smallest absolute Gasteiger partial charge is 0.134 e. The van der Waals surface area contributed by atoms with Gasteiger partial charge in [0.25, 0.3) is 0 Å². The van der Waals surface area contributed by atoms with Gasteiger partial charge >= 0.3 is 0 Å². The monoisotopic (exact) mass is 263 g/mol. The van der Waals surface area contributed by atoms with Gasteiger partial charge in [-0.05, 0) is 28.9 Å². The van der Waals surface area contributed by atoms with Crippen LogP contribution in [0, 0.1) is 0 Å². The van der Waals surface area contributed by atoms with E-state index in [0.29, 0.717) is 0 Å². The van der Waals surface area contributed by atoms with Crippen LogP contribution in [0.1, 0.15) is 18.7 Å². The van der Waals surface area contributed by atoms with Crippen molar-refractivity contribution in [1.82, 2.24) is 5.32 Å². The van der Waals surface area contributed by atoms with Crippen molar-refractivity contribution in [3.63, 3.8) is 0 Å². The summed E-state index contributed by atoms with van der Waals surface area (Å²) in [4.78, 5) is 0. The molecule has 1 aromatic rings. The zero-order valence-corrected chi connectivity index (χ0v) is 9.49. The summed E-state index contributed by atoms with van der Waals surface area (Å²) in [6, 6.07) is 1.44. The van der Waals surface area contributed by atoms with Crippen LogP contribution in [0.3, 0.4) is 0 Å². The van der Waals surface area contributed by atoms with Gasteiger partial charge in [-0.2, -0.15) is 0 Å². The molecule has 14 heavy (non-hydrogen) atoms. The number of aliphatic hydroxyl groups excluding tert-OH is 2. The molecule has 1 rings (SSSR count). The van der Waals surface area contributed by atoms with Gasteiger partial charge in [0.1, 0.15) is 5.76 Å². The van der Waals surface area contributed by atoms with E-state index in [4.69, 9.17) is 14.6 Å². The Hall–Kier alpha value is -0.360.